The number of hydrogen-bond donors (Lipinski definition) is 1. The zero-order chi connectivity index (χ0) is 14.8. The van der Waals surface area contributed by atoms with E-state index in [9.17, 15) is 14.7 Å². The summed E-state index contributed by atoms with van der Waals surface area (Å²) in [6, 6.07) is 9.48. The predicted molar refractivity (Wildman–Crippen MR) is 72.4 cm³/mol. The molecule has 2 aromatic heterocycles. The number of fused-ring (bicyclic) bond motifs is 1. The van der Waals surface area contributed by atoms with Crippen molar-refractivity contribution < 1.29 is 9.90 Å². The Morgan fingerprint density at radius 3 is 2.76 bits per heavy atom. The highest BCUT2D eigenvalue weighted by Gasteiger charge is 2.09. The Morgan fingerprint density at radius 1 is 1.29 bits per heavy atom. The fraction of sp³-hybridized carbons (Fsp3) is 0.143. The van der Waals surface area contributed by atoms with Crippen molar-refractivity contribution in [3.8, 4) is 11.3 Å². The fourth-order valence-electron chi connectivity index (χ4n) is 2.01. The number of aliphatic carboxylic acids is 1. The minimum Gasteiger partial charge on any atom is -0.550 e. The number of carbonyl (C=O) groups excluding carboxylic acids is 1. The van der Waals surface area contributed by atoms with Crippen molar-refractivity contribution in [2.24, 2.45) is 0 Å². The third-order valence-corrected chi connectivity index (χ3v) is 3.04. The average Bonchev–Trinajstić information content (AvgIpc) is 2.88. The molecule has 3 aromatic rings. The number of carboxylic acid groups (broad SMARTS) is 1. The maximum absolute atomic E-state index is 11.8. The first kappa shape index (κ1) is 13.0. The molecule has 0 unspecified atom stereocenters. The SMILES string of the molecule is O=C([O-])CCc1nn2cc(-c3ccccc3)nc2[nH]c1=O. The van der Waals surface area contributed by atoms with Crippen LogP contribution in [0.2, 0.25) is 0 Å². The maximum atomic E-state index is 11.8. The number of aromatic amines is 1. The zero-order valence-corrected chi connectivity index (χ0v) is 10.9. The fourth-order valence-corrected chi connectivity index (χ4v) is 2.01. The first-order valence-electron chi connectivity index (χ1n) is 6.37. The Balaban J connectivity index is 2.02. The lowest BCUT2D eigenvalue weighted by atomic mass is 10.2. The lowest BCUT2D eigenvalue weighted by molar-refractivity contribution is -0.305. The van der Waals surface area contributed by atoms with E-state index in [1.807, 2.05) is 30.3 Å². The van der Waals surface area contributed by atoms with Gasteiger partial charge in [0.1, 0.15) is 5.69 Å². The molecular weight excluding hydrogens is 272 g/mol. The molecule has 1 aromatic carbocycles. The molecular formula is C14H11N4O3-. The molecule has 7 heteroatoms. The molecule has 21 heavy (non-hydrogen) atoms. The number of rotatable bonds is 4. The smallest absolute Gasteiger partial charge is 0.274 e. The van der Waals surface area contributed by atoms with Gasteiger partial charge in [0.05, 0.1) is 11.9 Å². The number of imidazole rings is 1. The molecule has 0 spiro atoms. The van der Waals surface area contributed by atoms with E-state index in [2.05, 4.69) is 15.1 Å². The number of nitrogens with one attached hydrogen (secondary N) is 1. The van der Waals surface area contributed by atoms with Crippen molar-refractivity contribution in [2.45, 2.75) is 12.8 Å². The Kier molecular flexibility index (Phi) is 3.23. The highest BCUT2D eigenvalue weighted by molar-refractivity contribution is 5.64. The summed E-state index contributed by atoms with van der Waals surface area (Å²) in [7, 11) is 0. The summed E-state index contributed by atoms with van der Waals surface area (Å²) in [6.07, 6.45) is 1.46. The van der Waals surface area contributed by atoms with E-state index in [0.717, 1.165) is 5.56 Å². The largest absolute Gasteiger partial charge is 0.550 e. The quantitative estimate of drug-likeness (QED) is 0.712. The molecule has 0 saturated heterocycles. The second-order valence-corrected chi connectivity index (χ2v) is 4.53. The van der Waals surface area contributed by atoms with Crippen molar-refractivity contribution in [1.82, 2.24) is 19.6 Å². The van der Waals surface area contributed by atoms with Gasteiger partial charge in [-0.25, -0.2) is 9.50 Å². The first-order valence-corrected chi connectivity index (χ1v) is 6.37. The number of aromatic nitrogens is 4. The minimum atomic E-state index is -1.22. The van der Waals surface area contributed by atoms with Crippen LogP contribution in [-0.2, 0) is 11.2 Å². The van der Waals surface area contributed by atoms with E-state index >= 15 is 0 Å². The molecule has 106 valence electrons. The summed E-state index contributed by atoms with van der Waals surface area (Å²) < 4.78 is 1.44. The van der Waals surface area contributed by atoms with Gasteiger partial charge >= 0.3 is 0 Å². The average molecular weight is 283 g/mol. The van der Waals surface area contributed by atoms with Crippen LogP contribution in [0.5, 0.6) is 0 Å². The summed E-state index contributed by atoms with van der Waals surface area (Å²) in [5.74, 6) is -0.900. The predicted octanol–water partition coefficient (Wildman–Crippen LogP) is -0.233. The summed E-state index contributed by atoms with van der Waals surface area (Å²) in [6.45, 7) is 0. The number of H-pyrrole nitrogens is 1. The van der Waals surface area contributed by atoms with Gasteiger partial charge in [0, 0.05) is 18.0 Å². The molecule has 1 N–H and O–H groups in total. The lowest BCUT2D eigenvalue weighted by Crippen LogP contribution is -2.25. The second-order valence-electron chi connectivity index (χ2n) is 4.53. The van der Waals surface area contributed by atoms with Gasteiger partial charge in [-0.1, -0.05) is 30.3 Å². The number of hydrogen-bond acceptors (Lipinski definition) is 5. The van der Waals surface area contributed by atoms with Crippen LogP contribution in [0.4, 0.5) is 0 Å². The van der Waals surface area contributed by atoms with E-state index in [1.165, 1.54) is 4.52 Å². The summed E-state index contributed by atoms with van der Waals surface area (Å²) in [5, 5.41) is 14.6. The van der Waals surface area contributed by atoms with E-state index < -0.39 is 11.5 Å². The van der Waals surface area contributed by atoms with Crippen molar-refractivity contribution in [3.63, 3.8) is 0 Å². The molecule has 0 aliphatic rings. The molecule has 0 aliphatic heterocycles. The van der Waals surface area contributed by atoms with Crippen molar-refractivity contribution in [1.29, 1.82) is 0 Å². The molecule has 2 heterocycles. The Morgan fingerprint density at radius 2 is 2.05 bits per heavy atom. The highest BCUT2D eigenvalue weighted by atomic mass is 16.4. The van der Waals surface area contributed by atoms with Crippen molar-refractivity contribution >= 4 is 11.7 Å². The van der Waals surface area contributed by atoms with Crippen LogP contribution >= 0.6 is 0 Å². The molecule has 0 fully saturated rings. The van der Waals surface area contributed by atoms with Crippen LogP contribution in [0.25, 0.3) is 17.0 Å². The number of aryl methyl sites for hydroxylation is 1. The Hall–Kier alpha value is -2.96. The van der Waals surface area contributed by atoms with Gasteiger partial charge in [-0.15, -0.1) is 0 Å². The normalized spacial score (nSPS) is 10.9. The molecule has 0 saturated carbocycles. The van der Waals surface area contributed by atoms with Gasteiger partial charge in [0.2, 0.25) is 5.78 Å². The topological polar surface area (TPSA) is 103 Å². The maximum Gasteiger partial charge on any atom is 0.274 e. The standard InChI is InChI=1S/C14H12N4O3/c19-12(20)7-6-10-13(21)16-14-15-11(8-18(14)17-10)9-4-2-1-3-5-9/h1-5,8H,6-7H2,(H,19,20)(H,15,16,21)/p-1. The van der Waals surface area contributed by atoms with Crippen LogP contribution in [0, 0.1) is 0 Å². The van der Waals surface area contributed by atoms with Crippen LogP contribution < -0.4 is 10.7 Å². The first-order chi connectivity index (χ1) is 10.1. The number of carbonyl (C=O) groups is 1. The van der Waals surface area contributed by atoms with E-state index in [1.54, 1.807) is 6.20 Å². The van der Waals surface area contributed by atoms with Crippen LogP contribution in [0.1, 0.15) is 12.1 Å². The molecule has 0 amide bonds. The van der Waals surface area contributed by atoms with E-state index in [0.29, 0.717) is 11.5 Å². The van der Waals surface area contributed by atoms with Crippen molar-refractivity contribution in [2.75, 3.05) is 0 Å². The summed E-state index contributed by atoms with van der Waals surface area (Å²) in [5.41, 5.74) is 1.29. The molecule has 0 aliphatic carbocycles. The molecule has 7 nitrogen and oxygen atoms in total. The van der Waals surface area contributed by atoms with Gasteiger partial charge < -0.3 is 9.90 Å². The Bertz CT molecular complexity index is 852. The molecule has 3 rings (SSSR count). The molecule has 0 atom stereocenters. The van der Waals surface area contributed by atoms with E-state index in [4.69, 9.17) is 0 Å². The van der Waals surface area contributed by atoms with Crippen LogP contribution in [0.3, 0.4) is 0 Å². The number of nitrogens with zero attached hydrogens (tertiary/aromatic N) is 3. The van der Waals surface area contributed by atoms with Gasteiger partial charge in [0.15, 0.2) is 0 Å². The highest BCUT2D eigenvalue weighted by Crippen LogP contribution is 2.16. The molecule has 0 radical (unpaired) electrons. The van der Waals surface area contributed by atoms with Crippen LogP contribution in [0.15, 0.2) is 41.3 Å². The summed E-state index contributed by atoms with van der Waals surface area (Å²) >= 11 is 0. The second kappa shape index (κ2) is 5.20. The molecule has 0 bridgehead atoms. The van der Waals surface area contributed by atoms with Crippen molar-refractivity contribution in [3.05, 3.63) is 52.6 Å². The number of benzene rings is 1. The third-order valence-electron chi connectivity index (χ3n) is 3.04. The lowest BCUT2D eigenvalue weighted by Gasteiger charge is -2.01. The van der Waals surface area contributed by atoms with E-state index in [-0.39, 0.29) is 18.5 Å². The minimum absolute atomic E-state index is 0.0203. The third kappa shape index (κ3) is 2.66. The number of carboxylic acids is 1. The monoisotopic (exact) mass is 283 g/mol. The van der Waals surface area contributed by atoms with Gasteiger partial charge in [-0.05, 0) is 6.42 Å². The van der Waals surface area contributed by atoms with Gasteiger partial charge in [-0.2, -0.15) is 5.10 Å². The van der Waals surface area contributed by atoms with Crippen LogP contribution in [-0.4, -0.2) is 25.6 Å². The van der Waals surface area contributed by atoms with Gasteiger partial charge in [0.25, 0.3) is 5.56 Å². The Labute approximate surface area is 118 Å². The van der Waals surface area contributed by atoms with Gasteiger partial charge in [-0.3, -0.25) is 9.78 Å². The zero-order valence-electron chi connectivity index (χ0n) is 10.9. The summed E-state index contributed by atoms with van der Waals surface area (Å²) in [4.78, 5) is 29.2.